The molecule has 0 saturated carbocycles. The third-order valence-corrected chi connectivity index (χ3v) is 5.10. The highest BCUT2D eigenvalue weighted by Gasteiger charge is 2.50. The molecule has 1 atom stereocenters. The van der Waals surface area contributed by atoms with E-state index in [4.69, 9.17) is 21.1 Å². The fraction of sp³-hybridized carbons (Fsp3) is 0.333. The topological polar surface area (TPSA) is 76.1 Å². The number of fused-ring (bicyclic) bond motifs is 1. The normalized spacial score (nSPS) is 18.2. The lowest BCUT2D eigenvalue weighted by molar-refractivity contribution is -0.135. The Bertz CT molecular complexity index is 929. The molecule has 148 valence electrons. The average molecular weight is 404 g/mol. The van der Waals surface area contributed by atoms with Gasteiger partial charge in [0.15, 0.2) is 22.9 Å². The van der Waals surface area contributed by atoms with Crippen LogP contribution in [0.3, 0.4) is 0 Å². The molecule has 1 N–H and O–H groups in total. The zero-order valence-corrected chi connectivity index (χ0v) is 16.7. The highest BCUT2D eigenvalue weighted by molar-refractivity contribution is 6.31. The van der Waals surface area contributed by atoms with Crippen molar-refractivity contribution in [3.05, 3.63) is 52.5 Å². The molecular formula is C21H22ClNO5. The van der Waals surface area contributed by atoms with Crippen molar-refractivity contribution >= 4 is 29.0 Å². The first-order valence-corrected chi connectivity index (χ1v) is 9.33. The van der Waals surface area contributed by atoms with Crippen LogP contribution in [0, 0.1) is 0 Å². The van der Waals surface area contributed by atoms with Crippen LogP contribution in [0.1, 0.15) is 35.7 Å². The van der Waals surface area contributed by atoms with Gasteiger partial charge in [-0.1, -0.05) is 18.5 Å². The van der Waals surface area contributed by atoms with Crippen molar-refractivity contribution in [3.63, 3.8) is 0 Å². The highest BCUT2D eigenvalue weighted by Crippen LogP contribution is 2.44. The first-order chi connectivity index (χ1) is 13.3. The summed E-state index contributed by atoms with van der Waals surface area (Å²) in [5.74, 6) is -0.0170. The van der Waals surface area contributed by atoms with Gasteiger partial charge in [-0.15, -0.1) is 0 Å². The third kappa shape index (κ3) is 3.34. The van der Waals surface area contributed by atoms with Gasteiger partial charge in [0, 0.05) is 22.7 Å². The van der Waals surface area contributed by atoms with Gasteiger partial charge in [0.1, 0.15) is 0 Å². The first kappa shape index (κ1) is 20.2. The number of carbonyl (C=O) groups excluding carboxylic acids is 2. The van der Waals surface area contributed by atoms with Gasteiger partial charge in [-0.25, -0.2) is 0 Å². The van der Waals surface area contributed by atoms with Crippen molar-refractivity contribution in [2.45, 2.75) is 25.4 Å². The zero-order chi connectivity index (χ0) is 20.5. The minimum absolute atomic E-state index is 0.316. The molecule has 2 aromatic carbocycles. The smallest absolute Gasteiger partial charge is 0.264 e. The number of methoxy groups -OCH3 is 2. The fourth-order valence-electron chi connectivity index (χ4n) is 3.48. The largest absolute Gasteiger partial charge is 0.493 e. The molecule has 1 aliphatic rings. The summed E-state index contributed by atoms with van der Waals surface area (Å²) in [5.41, 5.74) is -0.706. The highest BCUT2D eigenvalue weighted by atomic mass is 35.5. The second kappa shape index (κ2) is 7.81. The van der Waals surface area contributed by atoms with Crippen LogP contribution in [0.4, 0.5) is 5.69 Å². The quantitative estimate of drug-likeness (QED) is 0.715. The van der Waals surface area contributed by atoms with Gasteiger partial charge >= 0.3 is 0 Å². The predicted molar refractivity (Wildman–Crippen MR) is 106 cm³/mol. The van der Waals surface area contributed by atoms with E-state index in [-0.39, 0.29) is 5.78 Å². The maximum atomic E-state index is 13.0. The van der Waals surface area contributed by atoms with E-state index >= 15 is 0 Å². The second-order valence-corrected chi connectivity index (χ2v) is 7.08. The van der Waals surface area contributed by atoms with E-state index in [9.17, 15) is 14.7 Å². The summed E-state index contributed by atoms with van der Waals surface area (Å²) in [6.07, 6.45) is 0.322. The first-order valence-electron chi connectivity index (χ1n) is 8.95. The van der Waals surface area contributed by atoms with Crippen molar-refractivity contribution in [2.75, 3.05) is 25.7 Å². The second-order valence-electron chi connectivity index (χ2n) is 6.65. The Kier molecular flexibility index (Phi) is 5.63. The number of carbonyl (C=O) groups is 2. The summed E-state index contributed by atoms with van der Waals surface area (Å²) in [6.45, 7) is 2.38. The number of ether oxygens (including phenoxy) is 2. The van der Waals surface area contributed by atoms with Crippen molar-refractivity contribution in [1.29, 1.82) is 0 Å². The number of benzene rings is 2. The van der Waals surface area contributed by atoms with Crippen LogP contribution in [0.5, 0.6) is 11.5 Å². The van der Waals surface area contributed by atoms with Crippen molar-refractivity contribution < 1.29 is 24.2 Å². The van der Waals surface area contributed by atoms with Gasteiger partial charge < -0.3 is 19.5 Å². The molecule has 28 heavy (non-hydrogen) atoms. The summed E-state index contributed by atoms with van der Waals surface area (Å²) in [4.78, 5) is 27.4. The van der Waals surface area contributed by atoms with Gasteiger partial charge in [0.2, 0.25) is 0 Å². The number of hydrogen-bond donors (Lipinski definition) is 1. The Morgan fingerprint density at radius 3 is 2.50 bits per heavy atom. The Labute approximate surface area is 168 Å². The minimum Gasteiger partial charge on any atom is -0.493 e. The van der Waals surface area contributed by atoms with Crippen LogP contribution >= 0.6 is 11.6 Å². The van der Waals surface area contributed by atoms with E-state index < -0.39 is 17.9 Å². The van der Waals surface area contributed by atoms with E-state index in [1.807, 2.05) is 6.92 Å². The Morgan fingerprint density at radius 2 is 1.86 bits per heavy atom. The standard InChI is InChI=1S/C21H22ClNO5/c1-4-9-23-16-7-6-14(22)11-15(16)21(26,20(23)25)12-17(24)13-5-8-18(27-2)19(10-13)28-3/h5-8,10-11,26H,4,9,12H2,1-3H3. The Balaban J connectivity index is 1.98. The van der Waals surface area contributed by atoms with E-state index in [2.05, 4.69) is 0 Å². The van der Waals surface area contributed by atoms with Crippen molar-refractivity contribution in [2.24, 2.45) is 0 Å². The molecule has 0 aromatic heterocycles. The van der Waals surface area contributed by atoms with E-state index in [1.54, 1.807) is 30.3 Å². The zero-order valence-electron chi connectivity index (χ0n) is 16.0. The predicted octanol–water partition coefficient (Wildman–Crippen LogP) is 3.57. The van der Waals surface area contributed by atoms with E-state index in [0.29, 0.717) is 46.3 Å². The molecule has 0 saturated heterocycles. The monoisotopic (exact) mass is 403 g/mol. The summed E-state index contributed by atoms with van der Waals surface area (Å²) in [7, 11) is 2.98. The average Bonchev–Trinajstić information content (AvgIpc) is 2.89. The summed E-state index contributed by atoms with van der Waals surface area (Å²) in [6, 6.07) is 9.64. The SMILES string of the molecule is CCCN1C(=O)C(O)(CC(=O)c2ccc(OC)c(OC)c2)c2cc(Cl)ccc21. The fourth-order valence-corrected chi connectivity index (χ4v) is 3.66. The van der Waals surface area contributed by atoms with Crippen LogP contribution in [-0.2, 0) is 10.4 Å². The molecule has 0 radical (unpaired) electrons. The molecule has 6 nitrogen and oxygen atoms in total. The lowest BCUT2D eigenvalue weighted by Crippen LogP contribution is -2.42. The number of anilines is 1. The van der Waals surface area contributed by atoms with E-state index in [1.165, 1.54) is 25.2 Å². The number of nitrogens with zero attached hydrogens (tertiary/aromatic N) is 1. The summed E-state index contributed by atoms with van der Waals surface area (Å²) >= 11 is 6.09. The van der Waals surface area contributed by atoms with Gasteiger partial charge in [-0.2, -0.15) is 0 Å². The van der Waals surface area contributed by atoms with Gasteiger partial charge in [-0.3, -0.25) is 9.59 Å². The van der Waals surface area contributed by atoms with Crippen LogP contribution in [0.25, 0.3) is 0 Å². The van der Waals surface area contributed by atoms with Crippen LogP contribution < -0.4 is 14.4 Å². The molecule has 7 heteroatoms. The number of ketones is 1. The minimum atomic E-state index is -1.96. The lowest BCUT2D eigenvalue weighted by atomic mass is 9.88. The van der Waals surface area contributed by atoms with Gasteiger partial charge in [0.05, 0.1) is 26.3 Å². The van der Waals surface area contributed by atoms with E-state index in [0.717, 1.165) is 0 Å². The lowest BCUT2D eigenvalue weighted by Gasteiger charge is -2.22. The van der Waals surface area contributed by atoms with Crippen LogP contribution in [0.2, 0.25) is 5.02 Å². The molecule has 1 heterocycles. The molecule has 1 amide bonds. The van der Waals surface area contributed by atoms with Gasteiger partial charge in [-0.05, 0) is 42.8 Å². The third-order valence-electron chi connectivity index (χ3n) is 4.86. The molecule has 2 aromatic rings. The molecule has 3 rings (SSSR count). The summed E-state index contributed by atoms with van der Waals surface area (Å²) < 4.78 is 10.4. The van der Waals surface area contributed by atoms with Crippen LogP contribution in [-0.4, -0.2) is 37.6 Å². The van der Waals surface area contributed by atoms with Crippen molar-refractivity contribution in [1.82, 2.24) is 0 Å². The van der Waals surface area contributed by atoms with Gasteiger partial charge in [0.25, 0.3) is 5.91 Å². The number of aliphatic hydroxyl groups is 1. The Hall–Kier alpha value is -2.57. The molecule has 1 unspecified atom stereocenters. The summed E-state index contributed by atoms with van der Waals surface area (Å²) in [5, 5.41) is 11.7. The maximum absolute atomic E-state index is 13.0. The maximum Gasteiger partial charge on any atom is 0.264 e. The molecule has 0 fully saturated rings. The molecule has 0 spiro atoms. The number of hydrogen-bond acceptors (Lipinski definition) is 5. The molecule has 0 aliphatic carbocycles. The van der Waals surface area contributed by atoms with Crippen LogP contribution in [0.15, 0.2) is 36.4 Å². The molecule has 1 aliphatic heterocycles. The Morgan fingerprint density at radius 1 is 1.14 bits per heavy atom. The number of rotatable bonds is 7. The number of halogens is 1. The van der Waals surface area contributed by atoms with Crippen molar-refractivity contribution in [3.8, 4) is 11.5 Å². The number of amides is 1. The number of Topliss-reactive ketones (excluding diaryl/α,β-unsaturated/α-hetero) is 1. The molecule has 0 bridgehead atoms. The molecular weight excluding hydrogens is 382 g/mol.